The summed E-state index contributed by atoms with van der Waals surface area (Å²) in [6.45, 7) is 0. The molecule has 3 N–H and O–H groups in total. The van der Waals surface area contributed by atoms with Crippen LogP contribution in [-0.2, 0) is 4.57 Å². The molecule has 0 aromatic carbocycles. The van der Waals surface area contributed by atoms with Crippen molar-refractivity contribution in [3.8, 4) is 0 Å². The van der Waals surface area contributed by atoms with E-state index in [1.165, 1.54) is 0 Å². The van der Waals surface area contributed by atoms with Crippen LogP contribution < -0.4 is 0 Å². The fourth-order valence-electron chi connectivity index (χ4n) is 0. The molecule has 0 spiro atoms. The molecule has 0 unspecified atom stereocenters. The van der Waals surface area contributed by atoms with E-state index in [9.17, 15) is 0 Å². The van der Waals surface area contributed by atoms with Crippen LogP contribution in [0.15, 0.2) is 0 Å². The van der Waals surface area contributed by atoms with Crippen LogP contribution in [0, 0.1) is 0 Å². The third kappa shape index (κ3) is 129. The van der Waals surface area contributed by atoms with Crippen LogP contribution in [0.2, 0.25) is 0 Å². The Balaban J connectivity index is -0.0000000267. The number of hydrogen-bond acceptors (Lipinski definition) is 1. The molecule has 0 atom stereocenters. The van der Waals surface area contributed by atoms with Gasteiger partial charge in [0.25, 0.3) is 0 Å². The molecule has 0 aromatic rings. The first-order valence-corrected chi connectivity index (χ1v) is 2.35. The van der Waals surface area contributed by atoms with Gasteiger partial charge in [0.15, 0.2) is 0 Å². The number of hydrogen-bond donors (Lipinski definition) is 3. The number of rotatable bonds is 0. The van der Waals surface area contributed by atoms with E-state index in [4.69, 9.17) is 19.2 Å². The molecule has 0 fully saturated rings. The van der Waals surface area contributed by atoms with E-state index in [-0.39, 0.29) is 50.0 Å². The SMILES string of the molecule is O=P(O)(O)O.S.[GeH4].[LiH]. The summed E-state index contributed by atoms with van der Waals surface area (Å²) in [5.41, 5.74) is 0. The average Bonchev–Trinajstić information content (AvgIpc) is 0.722. The van der Waals surface area contributed by atoms with Crippen molar-refractivity contribution in [2.75, 3.05) is 0 Å². The molecule has 0 aliphatic rings. The van der Waals surface area contributed by atoms with E-state index in [2.05, 4.69) is 0 Å². The Bertz CT molecular complexity index is 62.2. The van der Waals surface area contributed by atoms with Gasteiger partial charge in [-0.05, 0) is 0 Å². The Morgan fingerprint density at radius 3 is 1.12 bits per heavy atom. The maximum atomic E-state index is 8.88. The monoisotopic (exact) mass is 218 g/mol. The van der Waals surface area contributed by atoms with Crippen molar-refractivity contribution in [3.05, 3.63) is 0 Å². The molecular weight excluding hydrogens is 207 g/mol. The van der Waals surface area contributed by atoms with Crippen LogP contribution in [0.4, 0.5) is 0 Å². The van der Waals surface area contributed by atoms with Crippen molar-refractivity contribution in [2.24, 2.45) is 0 Å². The van der Waals surface area contributed by atoms with Crippen molar-refractivity contribution >= 4 is 57.8 Å². The Morgan fingerprint density at radius 2 is 1.12 bits per heavy atom. The van der Waals surface area contributed by atoms with Crippen molar-refractivity contribution in [1.82, 2.24) is 0 Å². The van der Waals surface area contributed by atoms with E-state index in [1.54, 1.807) is 0 Å². The summed E-state index contributed by atoms with van der Waals surface area (Å²) in [6, 6.07) is 0. The Hall–Kier alpha value is 1.60. The molecule has 0 aliphatic carbocycles. The molecular formula is H10GeLiO4PS. The van der Waals surface area contributed by atoms with Gasteiger partial charge in [-0.3, -0.25) is 0 Å². The Morgan fingerprint density at radius 1 is 1.12 bits per heavy atom. The second kappa shape index (κ2) is 8.60. The minimum absolute atomic E-state index is 0. The second-order valence-corrected chi connectivity index (χ2v) is 1.54. The molecule has 50 valence electrons. The van der Waals surface area contributed by atoms with Crippen LogP contribution >= 0.6 is 21.3 Å². The summed E-state index contributed by atoms with van der Waals surface area (Å²) in [5.74, 6) is 0. The topological polar surface area (TPSA) is 77.8 Å². The fraction of sp³-hybridized carbons (Fsp3) is 0. The van der Waals surface area contributed by atoms with Gasteiger partial charge in [-0.25, -0.2) is 4.57 Å². The van der Waals surface area contributed by atoms with Gasteiger partial charge in [-0.15, -0.1) is 0 Å². The van der Waals surface area contributed by atoms with Crippen molar-refractivity contribution in [1.29, 1.82) is 0 Å². The van der Waals surface area contributed by atoms with E-state index in [0.717, 1.165) is 0 Å². The van der Waals surface area contributed by atoms with Gasteiger partial charge >= 0.3 is 44.3 Å². The summed E-state index contributed by atoms with van der Waals surface area (Å²) in [5, 5.41) is 0. The molecule has 8 heavy (non-hydrogen) atoms. The van der Waals surface area contributed by atoms with Crippen LogP contribution in [0.5, 0.6) is 0 Å². The normalized spacial score (nSPS) is 7.38. The van der Waals surface area contributed by atoms with E-state index >= 15 is 0 Å². The van der Waals surface area contributed by atoms with Crippen LogP contribution in [0.1, 0.15) is 0 Å². The molecule has 0 aromatic heterocycles. The van der Waals surface area contributed by atoms with Crippen molar-refractivity contribution in [2.45, 2.75) is 0 Å². The maximum absolute atomic E-state index is 8.88. The van der Waals surface area contributed by atoms with Gasteiger partial charge in [0.05, 0.1) is 0 Å². The standard InChI is InChI=1S/GeH4.Li.H3O4P.H2S.H/c;;1-5(2,3)4;;/h1H4;;(H3,1,2,3,4);1H2;. The molecule has 0 aliphatic heterocycles. The molecule has 0 saturated heterocycles. The van der Waals surface area contributed by atoms with E-state index in [1.807, 2.05) is 0 Å². The Kier molecular flexibility index (Phi) is 24.3. The predicted molar refractivity (Wildman–Crippen MR) is 43.1 cm³/mol. The first-order chi connectivity index (χ1) is 2.00. The van der Waals surface area contributed by atoms with Gasteiger partial charge < -0.3 is 14.7 Å². The summed E-state index contributed by atoms with van der Waals surface area (Å²) < 4.78 is 8.88. The van der Waals surface area contributed by atoms with E-state index < -0.39 is 7.82 Å². The minimum atomic E-state index is -4.64. The molecule has 0 saturated carbocycles. The zero-order valence-corrected chi connectivity index (χ0v) is 4.59. The summed E-state index contributed by atoms with van der Waals surface area (Å²) >= 11 is 0. The van der Waals surface area contributed by atoms with Crippen LogP contribution in [0.25, 0.3) is 0 Å². The van der Waals surface area contributed by atoms with Gasteiger partial charge in [0.1, 0.15) is 0 Å². The zero-order chi connectivity index (χ0) is 4.50. The van der Waals surface area contributed by atoms with Gasteiger partial charge in [0.2, 0.25) is 0 Å². The van der Waals surface area contributed by atoms with Crippen molar-refractivity contribution in [3.63, 3.8) is 0 Å². The summed E-state index contributed by atoms with van der Waals surface area (Å²) in [4.78, 5) is 21.6. The molecule has 8 heteroatoms. The quantitative estimate of drug-likeness (QED) is 0.300. The molecule has 4 nitrogen and oxygen atoms in total. The molecule has 0 radical (unpaired) electrons. The van der Waals surface area contributed by atoms with E-state index in [0.29, 0.717) is 0 Å². The third-order valence-corrected chi connectivity index (χ3v) is 0. The first kappa shape index (κ1) is 22.6. The van der Waals surface area contributed by atoms with Crippen molar-refractivity contribution < 1.29 is 19.2 Å². The predicted octanol–water partition coefficient (Wildman–Crippen LogP) is -2.92. The Labute approximate surface area is 76.9 Å². The second-order valence-electron chi connectivity index (χ2n) is 0.513. The average molecular weight is 217 g/mol. The zero-order valence-electron chi connectivity index (χ0n) is 2.70. The molecule has 0 bridgehead atoms. The van der Waals surface area contributed by atoms with Gasteiger partial charge in [0, 0.05) is 0 Å². The summed E-state index contributed by atoms with van der Waals surface area (Å²) in [7, 11) is -4.64. The van der Waals surface area contributed by atoms with Gasteiger partial charge in [-0.2, -0.15) is 13.5 Å². The molecule has 0 amide bonds. The van der Waals surface area contributed by atoms with Crippen LogP contribution in [0.3, 0.4) is 0 Å². The van der Waals surface area contributed by atoms with Gasteiger partial charge in [-0.1, -0.05) is 0 Å². The summed E-state index contributed by atoms with van der Waals surface area (Å²) in [6.07, 6.45) is 0. The third-order valence-electron chi connectivity index (χ3n) is 0. The first-order valence-electron chi connectivity index (χ1n) is 0.783. The fourth-order valence-corrected chi connectivity index (χ4v) is 0. The number of phosphoric acid groups is 1. The molecule has 0 rings (SSSR count). The van der Waals surface area contributed by atoms with Crippen LogP contribution in [-0.4, -0.2) is 51.1 Å². The molecule has 0 heterocycles.